The SMILES string of the molecule is Cn1cccc1C(=O)OCC(=O)Nc1sc2c(c1C#N)CCC2. The predicted molar refractivity (Wildman–Crippen MR) is 85.4 cm³/mol. The van der Waals surface area contributed by atoms with Gasteiger partial charge >= 0.3 is 5.97 Å². The van der Waals surface area contributed by atoms with Crippen LogP contribution >= 0.6 is 11.3 Å². The Hall–Kier alpha value is -2.59. The van der Waals surface area contributed by atoms with E-state index in [-0.39, 0.29) is 6.61 Å². The molecular formula is C16H15N3O3S. The molecule has 1 aliphatic rings. The van der Waals surface area contributed by atoms with Crippen molar-refractivity contribution in [2.24, 2.45) is 7.05 Å². The number of thiophene rings is 1. The van der Waals surface area contributed by atoms with E-state index >= 15 is 0 Å². The molecule has 0 atom stereocenters. The number of fused-ring (bicyclic) bond motifs is 1. The molecule has 2 aromatic heterocycles. The molecule has 7 heteroatoms. The largest absolute Gasteiger partial charge is 0.451 e. The van der Waals surface area contributed by atoms with Gasteiger partial charge in [-0.15, -0.1) is 11.3 Å². The summed E-state index contributed by atoms with van der Waals surface area (Å²) in [5.74, 6) is -0.995. The van der Waals surface area contributed by atoms with E-state index in [0.717, 1.165) is 29.7 Å². The molecule has 0 spiro atoms. The maximum absolute atomic E-state index is 12.0. The van der Waals surface area contributed by atoms with Crippen molar-refractivity contribution in [1.29, 1.82) is 5.26 Å². The van der Waals surface area contributed by atoms with Crippen molar-refractivity contribution >= 4 is 28.2 Å². The zero-order chi connectivity index (χ0) is 16.4. The number of aromatic nitrogens is 1. The Balaban J connectivity index is 1.61. The van der Waals surface area contributed by atoms with Crippen molar-refractivity contribution < 1.29 is 14.3 Å². The van der Waals surface area contributed by atoms with Gasteiger partial charge in [-0.25, -0.2) is 4.79 Å². The first kappa shape index (κ1) is 15.3. The average molecular weight is 329 g/mol. The fraction of sp³-hybridized carbons (Fsp3) is 0.312. The number of ether oxygens (including phenoxy) is 1. The summed E-state index contributed by atoms with van der Waals surface area (Å²) < 4.78 is 6.62. The lowest BCUT2D eigenvalue weighted by molar-refractivity contribution is -0.119. The second-order valence-electron chi connectivity index (χ2n) is 5.30. The summed E-state index contributed by atoms with van der Waals surface area (Å²) in [6, 6.07) is 5.51. The van der Waals surface area contributed by atoms with Crippen molar-refractivity contribution in [1.82, 2.24) is 4.57 Å². The third kappa shape index (κ3) is 2.98. The molecule has 0 aromatic carbocycles. The lowest BCUT2D eigenvalue weighted by atomic mass is 10.1. The predicted octanol–water partition coefficient (Wildman–Crippen LogP) is 2.24. The highest BCUT2D eigenvalue weighted by Crippen LogP contribution is 2.38. The van der Waals surface area contributed by atoms with Crippen LogP contribution in [-0.4, -0.2) is 23.1 Å². The molecule has 3 rings (SSSR count). The minimum absolute atomic E-state index is 0.378. The molecule has 0 unspecified atom stereocenters. The van der Waals surface area contributed by atoms with Gasteiger partial charge in [0.15, 0.2) is 6.61 Å². The topological polar surface area (TPSA) is 84.1 Å². The second-order valence-corrected chi connectivity index (χ2v) is 6.41. The number of anilines is 1. The molecule has 1 N–H and O–H groups in total. The molecule has 0 aliphatic heterocycles. The van der Waals surface area contributed by atoms with Gasteiger partial charge in [-0.3, -0.25) is 4.79 Å². The van der Waals surface area contributed by atoms with Crippen LogP contribution in [0.15, 0.2) is 18.3 Å². The number of carbonyl (C=O) groups excluding carboxylic acids is 2. The minimum Gasteiger partial charge on any atom is -0.451 e. The summed E-state index contributed by atoms with van der Waals surface area (Å²) in [6.07, 6.45) is 4.61. The van der Waals surface area contributed by atoms with Crippen LogP contribution in [0, 0.1) is 11.3 Å². The highest BCUT2D eigenvalue weighted by atomic mass is 32.1. The lowest BCUT2D eigenvalue weighted by Gasteiger charge is -2.06. The van der Waals surface area contributed by atoms with Crippen LogP contribution in [0.2, 0.25) is 0 Å². The highest BCUT2D eigenvalue weighted by Gasteiger charge is 2.23. The van der Waals surface area contributed by atoms with E-state index in [9.17, 15) is 14.9 Å². The summed E-state index contributed by atoms with van der Waals surface area (Å²) >= 11 is 1.44. The van der Waals surface area contributed by atoms with E-state index in [2.05, 4.69) is 11.4 Å². The van der Waals surface area contributed by atoms with Crippen molar-refractivity contribution in [2.75, 3.05) is 11.9 Å². The molecule has 118 valence electrons. The standard InChI is InChI=1S/C16H15N3O3S/c1-19-7-3-5-12(19)16(21)22-9-14(20)18-15-11(8-17)10-4-2-6-13(10)23-15/h3,5,7H,2,4,6,9H2,1H3,(H,18,20). The van der Waals surface area contributed by atoms with E-state index in [1.165, 1.54) is 11.3 Å². The first-order valence-corrected chi connectivity index (χ1v) is 8.04. The Morgan fingerprint density at radius 3 is 3.00 bits per heavy atom. The maximum Gasteiger partial charge on any atom is 0.355 e. The number of hydrogen-bond donors (Lipinski definition) is 1. The fourth-order valence-corrected chi connectivity index (χ4v) is 3.91. The van der Waals surface area contributed by atoms with E-state index in [1.807, 2.05) is 0 Å². The number of carbonyl (C=O) groups is 2. The molecule has 0 bridgehead atoms. The van der Waals surface area contributed by atoms with Crippen molar-refractivity contribution in [3.63, 3.8) is 0 Å². The number of esters is 1. The zero-order valence-corrected chi connectivity index (χ0v) is 13.4. The Bertz CT molecular complexity index is 813. The summed E-state index contributed by atoms with van der Waals surface area (Å²) in [7, 11) is 1.73. The van der Waals surface area contributed by atoms with E-state index in [1.54, 1.807) is 29.9 Å². The summed E-state index contributed by atoms with van der Waals surface area (Å²) in [5.41, 5.74) is 1.98. The average Bonchev–Trinajstić information content (AvgIpc) is 3.20. The van der Waals surface area contributed by atoms with Gasteiger partial charge in [0.2, 0.25) is 0 Å². The number of hydrogen-bond acceptors (Lipinski definition) is 5. The Kier molecular flexibility index (Phi) is 4.17. The number of nitrogens with one attached hydrogen (secondary N) is 1. The van der Waals surface area contributed by atoms with Gasteiger partial charge in [0.1, 0.15) is 16.8 Å². The Labute approximate surface area is 137 Å². The third-order valence-electron chi connectivity index (χ3n) is 3.77. The van der Waals surface area contributed by atoms with Gasteiger partial charge in [0.25, 0.3) is 5.91 Å². The minimum atomic E-state index is -0.554. The van der Waals surface area contributed by atoms with Crippen LogP contribution in [0.5, 0.6) is 0 Å². The molecule has 6 nitrogen and oxygen atoms in total. The Morgan fingerprint density at radius 1 is 1.48 bits per heavy atom. The molecule has 23 heavy (non-hydrogen) atoms. The number of nitrogens with zero attached hydrogens (tertiary/aromatic N) is 2. The normalized spacial score (nSPS) is 12.5. The molecule has 0 saturated heterocycles. The molecule has 0 fully saturated rings. The lowest BCUT2D eigenvalue weighted by Crippen LogP contribution is -2.21. The molecule has 1 amide bonds. The molecule has 2 heterocycles. The van der Waals surface area contributed by atoms with Crippen LogP contribution in [0.1, 0.15) is 32.9 Å². The van der Waals surface area contributed by atoms with Crippen LogP contribution in [0.3, 0.4) is 0 Å². The van der Waals surface area contributed by atoms with Crippen LogP contribution < -0.4 is 5.32 Å². The summed E-state index contributed by atoms with van der Waals surface area (Å²) in [4.78, 5) is 25.0. The van der Waals surface area contributed by atoms with Crippen LogP contribution in [-0.2, 0) is 29.4 Å². The van der Waals surface area contributed by atoms with Crippen molar-refractivity contribution in [3.8, 4) is 6.07 Å². The van der Waals surface area contributed by atoms with Crippen LogP contribution in [0.4, 0.5) is 5.00 Å². The van der Waals surface area contributed by atoms with Gasteiger partial charge in [0.05, 0.1) is 5.56 Å². The maximum atomic E-state index is 12.0. The zero-order valence-electron chi connectivity index (χ0n) is 12.6. The number of amides is 1. The van der Waals surface area contributed by atoms with Gasteiger partial charge in [-0.1, -0.05) is 0 Å². The summed E-state index contributed by atoms with van der Waals surface area (Å²) in [6.45, 7) is -0.378. The van der Waals surface area contributed by atoms with E-state index < -0.39 is 11.9 Å². The molecule has 0 radical (unpaired) electrons. The second kappa shape index (κ2) is 6.26. The smallest absolute Gasteiger partial charge is 0.355 e. The number of rotatable bonds is 4. The van der Waals surface area contributed by atoms with Gasteiger partial charge in [-0.05, 0) is 37.0 Å². The molecule has 2 aromatic rings. The molecule has 1 aliphatic carbocycles. The van der Waals surface area contributed by atoms with Gasteiger partial charge < -0.3 is 14.6 Å². The Morgan fingerprint density at radius 2 is 2.30 bits per heavy atom. The van der Waals surface area contributed by atoms with Crippen LogP contribution in [0.25, 0.3) is 0 Å². The molecule has 0 saturated carbocycles. The summed E-state index contributed by atoms with van der Waals surface area (Å²) in [5, 5.41) is 12.5. The van der Waals surface area contributed by atoms with Gasteiger partial charge in [0, 0.05) is 18.1 Å². The number of nitriles is 1. The fourth-order valence-electron chi connectivity index (χ4n) is 2.65. The first-order valence-electron chi connectivity index (χ1n) is 7.23. The van der Waals surface area contributed by atoms with Crippen molar-refractivity contribution in [2.45, 2.75) is 19.3 Å². The number of aryl methyl sites for hydroxylation is 2. The van der Waals surface area contributed by atoms with Gasteiger partial charge in [-0.2, -0.15) is 5.26 Å². The van der Waals surface area contributed by atoms with E-state index in [4.69, 9.17) is 4.74 Å². The van der Waals surface area contributed by atoms with Crippen molar-refractivity contribution in [3.05, 3.63) is 40.0 Å². The highest BCUT2D eigenvalue weighted by molar-refractivity contribution is 7.16. The quantitative estimate of drug-likeness (QED) is 0.872. The molecular weight excluding hydrogens is 314 g/mol. The first-order chi connectivity index (χ1) is 11.1. The third-order valence-corrected chi connectivity index (χ3v) is 4.98. The monoisotopic (exact) mass is 329 g/mol. The van der Waals surface area contributed by atoms with E-state index in [0.29, 0.717) is 16.3 Å².